The number of aromatic nitrogens is 1. The number of methoxy groups -OCH3 is 1. The van der Waals surface area contributed by atoms with E-state index in [1.807, 2.05) is 68.4 Å². The summed E-state index contributed by atoms with van der Waals surface area (Å²) in [5, 5.41) is 1.06. The fraction of sp³-hybridized carbons (Fsp3) is 0.192. The average molecular weight is 430 g/mol. The van der Waals surface area contributed by atoms with E-state index in [4.69, 9.17) is 9.72 Å². The SMILES string of the molecule is COC(=O)C(c1cccc(C(=O)c2ccccc2)n1)(c1cc2ccccc2s1)C(C)C. The molecule has 0 radical (unpaired) electrons. The quantitative estimate of drug-likeness (QED) is 0.294. The number of hydrogen-bond donors (Lipinski definition) is 0. The summed E-state index contributed by atoms with van der Waals surface area (Å²) in [7, 11) is 1.39. The van der Waals surface area contributed by atoms with Gasteiger partial charge >= 0.3 is 5.97 Å². The van der Waals surface area contributed by atoms with Crippen LogP contribution >= 0.6 is 11.3 Å². The number of pyridine rings is 1. The van der Waals surface area contributed by atoms with Gasteiger partial charge in [0.15, 0.2) is 0 Å². The van der Waals surface area contributed by atoms with Crippen LogP contribution in [0, 0.1) is 5.92 Å². The number of benzene rings is 2. The molecular formula is C26H23NO3S. The van der Waals surface area contributed by atoms with Gasteiger partial charge in [-0.3, -0.25) is 9.59 Å². The van der Waals surface area contributed by atoms with Crippen LogP contribution in [0.4, 0.5) is 0 Å². The van der Waals surface area contributed by atoms with E-state index in [0.29, 0.717) is 17.0 Å². The van der Waals surface area contributed by atoms with E-state index in [2.05, 4.69) is 0 Å². The molecular weight excluding hydrogens is 406 g/mol. The zero-order valence-electron chi connectivity index (χ0n) is 17.7. The molecule has 0 saturated heterocycles. The van der Waals surface area contributed by atoms with Crippen molar-refractivity contribution in [2.24, 2.45) is 5.92 Å². The Kier molecular flexibility index (Phi) is 5.70. The summed E-state index contributed by atoms with van der Waals surface area (Å²) in [5.74, 6) is -0.713. The third-order valence-corrected chi connectivity index (χ3v) is 6.86. The van der Waals surface area contributed by atoms with Gasteiger partial charge in [-0.15, -0.1) is 11.3 Å². The first-order valence-corrected chi connectivity index (χ1v) is 10.9. The van der Waals surface area contributed by atoms with E-state index in [-0.39, 0.29) is 17.7 Å². The summed E-state index contributed by atoms with van der Waals surface area (Å²) in [5.41, 5.74) is 0.259. The van der Waals surface area contributed by atoms with Crippen molar-refractivity contribution in [1.82, 2.24) is 4.98 Å². The minimum atomic E-state index is -1.12. The second-order valence-corrected chi connectivity index (χ2v) is 8.79. The highest BCUT2D eigenvalue weighted by molar-refractivity contribution is 7.19. The van der Waals surface area contributed by atoms with Crippen molar-refractivity contribution < 1.29 is 14.3 Å². The van der Waals surface area contributed by atoms with Gasteiger partial charge in [0.1, 0.15) is 11.1 Å². The minimum absolute atomic E-state index is 0.150. The summed E-state index contributed by atoms with van der Waals surface area (Å²) >= 11 is 1.56. The van der Waals surface area contributed by atoms with Crippen LogP contribution in [0.3, 0.4) is 0 Å². The van der Waals surface area contributed by atoms with Crippen molar-refractivity contribution in [3.8, 4) is 0 Å². The molecule has 1 atom stereocenters. The molecule has 31 heavy (non-hydrogen) atoms. The molecule has 0 spiro atoms. The fourth-order valence-electron chi connectivity index (χ4n) is 4.00. The molecule has 2 heterocycles. The summed E-state index contributed by atoms with van der Waals surface area (Å²) in [6, 6.07) is 24.4. The maximum atomic E-state index is 13.4. The maximum Gasteiger partial charge on any atom is 0.323 e. The highest BCUT2D eigenvalue weighted by Crippen LogP contribution is 2.44. The van der Waals surface area contributed by atoms with Gasteiger partial charge in [0.2, 0.25) is 5.78 Å². The monoisotopic (exact) mass is 429 g/mol. The first-order chi connectivity index (χ1) is 15.0. The zero-order valence-corrected chi connectivity index (χ0v) is 18.5. The molecule has 0 aliphatic heterocycles. The molecule has 0 bridgehead atoms. The Hall–Kier alpha value is -3.31. The van der Waals surface area contributed by atoms with Crippen LogP contribution in [0.25, 0.3) is 10.1 Å². The summed E-state index contributed by atoms with van der Waals surface area (Å²) in [4.78, 5) is 32.0. The normalized spacial score (nSPS) is 13.2. The van der Waals surface area contributed by atoms with Crippen molar-refractivity contribution in [2.45, 2.75) is 19.3 Å². The number of ketones is 1. The van der Waals surface area contributed by atoms with Crippen molar-refractivity contribution >= 4 is 33.2 Å². The van der Waals surface area contributed by atoms with Crippen molar-refractivity contribution in [3.63, 3.8) is 0 Å². The first kappa shape index (κ1) is 20.9. The number of esters is 1. The van der Waals surface area contributed by atoms with E-state index in [0.717, 1.165) is 15.0 Å². The van der Waals surface area contributed by atoms with E-state index >= 15 is 0 Å². The molecule has 156 valence electrons. The summed E-state index contributed by atoms with van der Waals surface area (Å²) in [6.45, 7) is 3.96. The second-order valence-electron chi connectivity index (χ2n) is 7.71. The number of fused-ring (bicyclic) bond motifs is 1. The van der Waals surface area contributed by atoms with Crippen LogP contribution in [-0.4, -0.2) is 23.8 Å². The Morgan fingerprint density at radius 3 is 2.32 bits per heavy atom. The van der Waals surface area contributed by atoms with Crippen molar-refractivity contribution in [2.75, 3.05) is 7.11 Å². The molecule has 0 N–H and O–H groups in total. The second kappa shape index (κ2) is 8.44. The Morgan fingerprint density at radius 1 is 0.935 bits per heavy atom. The molecule has 0 amide bonds. The lowest BCUT2D eigenvalue weighted by Crippen LogP contribution is -2.43. The Bertz CT molecular complexity index is 1210. The van der Waals surface area contributed by atoms with Crippen molar-refractivity contribution in [3.05, 3.63) is 101 Å². The first-order valence-electron chi connectivity index (χ1n) is 10.1. The molecule has 5 heteroatoms. The molecule has 0 fully saturated rings. The van der Waals surface area contributed by atoms with Gasteiger partial charge in [-0.1, -0.05) is 68.4 Å². The molecule has 0 saturated carbocycles. The van der Waals surface area contributed by atoms with Crippen LogP contribution in [0.2, 0.25) is 0 Å². The number of carbonyl (C=O) groups excluding carboxylic acids is 2. The van der Waals surface area contributed by atoms with Crippen LogP contribution in [-0.2, 0) is 14.9 Å². The molecule has 2 aromatic heterocycles. The van der Waals surface area contributed by atoms with Crippen LogP contribution < -0.4 is 0 Å². The maximum absolute atomic E-state index is 13.4. The summed E-state index contributed by atoms with van der Waals surface area (Å²) < 4.78 is 6.40. The standard InChI is InChI=1S/C26H23NO3S/c1-17(2)26(25(29)30-3,23-16-19-12-7-8-14-21(19)31-23)22-15-9-13-20(27-22)24(28)18-10-5-4-6-11-18/h4-17H,1-3H3. The summed E-state index contributed by atoms with van der Waals surface area (Å²) in [6.07, 6.45) is 0. The largest absolute Gasteiger partial charge is 0.468 e. The van der Waals surface area contributed by atoms with Gasteiger partial charge in [0.05, 0.1) is 12.8 Å². The van der Waals surface area contributed by atoms with E-state index in [1.54, 1.807) is 35.6 Å². The number of hydrogen-bond acceptors (Lipinski definition) is 5. The van der Waals surface area contributed by atoms with E-state index in [1.165, 1.54) is 7.11 Å². The van der Waals surface area contributed by atoms with E-state index in [9.17, 15) is 9.59 Å². The number of carbonyl (C=O) groups is 2. The lowest BCUT2D eigenvalue weighted by Gasteiger charge is -2.33. The Morgan fingerprint density at radius 2 is 1.65 bits per heavy atom. The van der Waals surface area contributed by atoms with Gasteiger partial charge < -0.3 is 4.74 Å². The smallest absolute Gasteiger partial charge is 0.323 e. The topological polar surface area (TPSA) is 56.3 Å². The third kappa shape index (κ3) is 3.55. The molecule has 4 rings (SSSR count). The predicted molar refractivity (Wildman–Crippen MR) is 124 cm³/mol. The van der Waals surface area contributed by atoms with E-state index < -0.39 is 5.41 Å². The van der Waals surface area contributed by atoms with Crippen LogP contribution in [0.15, 0.2) is 78.9 Å². The number of rotatable bonds is 6. The molecule has 4 nitrogen and oxygen atoms in total. The number of nitrogens with zero attached hydrogens (tertiary/aromatic N) is 1. The van der Waals surface area contributed by atoms with Gasteiger partial charge in [0.25, 0.3) is 0 Å². The number of ether oxygens (including phenoxy) is 1. The highest BCUT2D eigenvalue weighted by Gasteiger charge is 2.49. The zero-order chi connectivity index (χ0) is 22.0. The van der Waals surface area contributed by atoms with Crippen LogP contribution in [0.5, 0.6) is 0 Å². The van der Waals surface area contributed by atoms with Crippen molar-refractivity contribution in [1.29, 1.82) is 0 Å². The van der Waals surface area contributed by atoms with Gasteiger partial charge in [0, 0.05) is 15.1 Å². The van der Waals surface area contributed by atoms with Gasteiger partial charge in [-0.2, -0.15) is 0 Å². The molecule has 2 aromatic carbocycles. The molecule has 1 unspecified atom stereocenters. The molecule has 4 aromatic rings. The fourth-order valence-corrected chi connectivity index (χ4v) is 5.40. The third-order valence-electron chi connectivity index (χ3n) is 5.61. The molecule has 0 aliphatic carbocycles. The minimum Gasteiger partial charge on any atom is -0.468 e. The Balaban J connectivity index is 1.92. The van der Waals surface area contributed by atoms with Gasteiger partial charge in [-0.25, -0.2) is 4.98 Å². The average Bonchev–Trinajstić information content (AvgIpc) is 3.23. The lowest BCUT2D eigenvalue weighted by molar-refractivity contribution is -0.147. The highest BCUT2D eigenvalue weighted by atomic mass is 32.1. The lowest BCUT2D eigenvalue weighted by atomic mass is 9.72. The predicted octanol–water partition coefficient (Wildman–Crippen LogP) is 5.64. The van der Waals surface area contributed by atoms with Gasteiger partial charge in [-0.05, 0) is 35.6 Å². The van der Waals surface area contributed by atoms with Crippen LogP contribution in [0.1, 0.15) is 40.5 Å². The molecule has 0 aliphatic rings. The number of thiophene rings is 1. The Labute approximate surface area is 185 Å².